The Morgan fingerprint density at radius 3 is 2.48 bits per heavy atom. The molecule has 1 heterocycles. The molecule has 2 rings (SSSR count). The smallest absolute Gasteiger partial charge is 0.403 e. The molecule has 1 aliphatic heterocycles. The number of ether oxygens (including phenoxy) is 1. The average Bonchev–Trinajstić information content (AvgIpc) is 2.61. The maximum absolute atomic E-state index is 13.1. The molecule has 1 fully saturated rings. The summed E-state index contributed by atoms with van der Waals surface area (Å²) in [6, 6.07) is 4.43. The maximum Gasteiger partial charge on any atom is 0.403 e. The van der Waals surface area contributed by atoms with Gasteiger partial charge in [0.15, 0.2) is 5.96 Å². The van der Waals surface area contributed by atoms with Crippen LogP contribution in [0, 0.1) is 5.82 Å². The third-order valence-electron chi connectivity index (χ3n) is 4.30. The summed E-state index contributed by atoms with van der Waals surface area (Å²) in [5.41, 5.74) is 0. The van der Waals surface area contributed by atoms with E-state index in [9.17, 15) is 17.6 Å². The minimum Gasteiger partial charge on any atom is -0.492 e. The Hall–Kier alpha value is -1.30. The third kappa shape index (κ3) is 7.32. The van der Waals surface area contributed by atoms with Crippen LogP contribution in [0.5, 0.6) is 5.75 Å². The van der Waals surface area contributed by atoms with Gasteiger partial charge >= 0.3 is 6.18 Å². The van der Waals surface area contributed by atoms with Crippen LogP contribution in [-0.2, 0) is 0 Å². The fraction of sp³-hybridized carbons (Fsp3) is 0.588. The first-order chi connectivity index (χ1) is 12.3. The van der Waals surface area contributed by atoms with Crippen molar-refractivity contribution in [3.8, 4) is 5.75 Å². The van der Waals surface area contributed by atoms with E-state index in [0.29, 0.717) is 51.0 Å². The Balaban J connectivity index is 0.00000364. The second kappa shape index (κ2) is 10.9. The first-order valence-electron chi connectivity index (χ1n) is 8.46. The van der Waals surface area contributed by atoms with Gasteiger partial charge in [0, 0.05) is 39.3 Å². The number of rotatable bonds is 5. The number of benzene rings is 1. The lowest BCUT2D eigenvalue weighted by atomic mass is 10.2. The van der Waals surface area contributed by atoms with Crippen LogP contribution >= 0.6 is 24.0 Å². The molecule has 1 saturated heterocycles. The maximum atomic E-state index is 13.1. The molecule has 5 nitrogen and oxygen atoms in total. The topological polar surface area (TPSA) is 40.1 Å². The number of piperazine rings is 1. The summed E-state index contributed by atoms with van der Waals surface area (Å²) < 4.78 is 56.9. The van der Waals surface area contributed by atoms with Crippen LogP contribution in [0.1, 0.15) is 6.92 Å². The number of halogens is 5. The van der Waals surface area contributed by atoms with Crippen molar-refractivity contribution in [2.75, 3.05) is 46.4 Å². The Labute approximate surface area is 173 Å². The summed E-state index contributed by atoms with van der Waals surface area (Å²) in [5.74, 6) is 0.695. The summed E-state index contributed by atoms with van der Waals surface area (Å²) in [6.07, 6.45) is -4.21. The predicted molar refractivity (Wildman–Crippen MR) is 107 cm³/mol. The van der Waals surface area contributed by atoms with E-state index in [4.69, 9.17) is 4.74 Å². The lowest BCUT2D eigenvalue weighted by Gasteiger charge is -2.39. The molecule has 0 aliphatic carbocycles. The van der Waals surface area contributed by atoms with E-state index in [1.54, 1.807) is 19.2 Å². The van der Waals surface area contributed by atoms with Crippen LogP contribution < -0.4 is 10.1 Å². The third-order valence-corrected chi connectivity index (χ3v) is 4.30. The van der Waals surface area contributed by atoms with Gasteiger partial charge in [-0.15, -0.1) is 24.0 Å². The van der Waals surface area contributed by atoms with Crippen molar-refractivity contribution in [3.05, 3.63) is 30.1 Å². The van der Waals surface area contributed by atoms with Crippen molar-refractivity contribution in [1.29, 1.82) is 0 Å². The van der Waals surface area contributed by atoms with Crippen LogP contribution in [0.25, 0.3) is 0 Å². The highest BCUT2D eigenvalue weighted by atomic mass is 127. The molecule has 0 bridgehead atoms. The van der Waals surface area contributed by atoms with Crippen molar-refractivity contribution in [1.82, 2.24) is 15.1 Å². The Morgan fingerprint density at radius 1 is 1.26 bits per heavy atom. The Bertz CT molecular complexity index is 607. The molecule has 1 aromatic carbocycles. The van der Waals surface area contributed by atoms with Gasteiger partial charge in [-0.25, -0.2) is 4.39 Å². The largest absolute Gasteiger partial charge is 0.492 e. The van der Waals surface area contributed by atoms with Gasteiger partial charge in [-0.1, -0.05) is 6.07 Å². The van der Waals surface area contributed by atoms with E-state index < -0.39 is 12.2 Å². The number of nitrogens with zero attached hydrogens (tertiary/aromatic N) is 3. The molecule has 0 amide bonds. The zero-order valence-electron chi connectivity index (χ0n) is 15.3. The Kier molecular flexibility index (Phi) is 9.57. The lowest BCUT2D eigenvalue weighted by Crippen LogP contribution is -2.57. The number of alkyl halides is 3. The monoisotopic (exact) mass is 504 g/mol. The van der Waals surface area contributed by atoms with Crippen molar-refractivity contribution in [3.63, 3.8) is 0 Å². The molecule has 1 N–H and O–H groups in total. The van der Waals surface area contributed by atoms with Gasteiger partial charge in [0.05, 0.1) is 6.54 Å². The molecule has 1 atom stereocenters. The molecule has 10 heteroatoms. The quantitative estimate of drug-likeness (QED) is 0.220. The highest BCUT2D eigenvalue weighted by molar-refractivity contribution is 14.0. The van der Waals surface area contributed by atoms with Crippen LogP contribution in [-0.4, -0.2) is 74.4 Å². The standard InChI is InChI=1S/C17H24F4N4O.HI/c1-13(17(19,20)21)24-7-9-25(10-8-24)16(22-2)23-6-11-26-15-5-3-4-14(18)12-15;/h3-5,12-13H,6-11H2,1-2H3,(H,22,23);1H. The molecule has 1 aromatic rings. The number of guanidine groups is 1. The second-order valence-corrected chi connectivity index (χ2v) is 6.02. The van der Waals surface area contributed by atoms with E-state index >= 15 is 0 Å². The van der Waals surface area contributed by atoms with E-state index in [-0.39, 0.29) is 29.8 Å². The number of nitrogens with one attached hydrogen (secondary N) is 1. The summed E-state index contributed by atoms with van der Waals surface area (Å²) in [4.78, 5) is 7.51. The van der Waals surface area contributed by atoms with Crippen molar-refractivity contribution in [2.45, 2.75) is 19.1 Å². The highest BCUT2D eigenvalue weighted by Crippen LogP contribution is 2.25. The average molecular weight is 504 g/mol. The molecule has 0 radical (unpaired) electrons. The summed E-state index contributed by atoms with van der Waals surface area (Å²) >= 11 is 0. The van der Waals surface area contributed by atoms with E-state index in [1.165, 1.54) is 24.0 Å². The van der Waals surface area contributed by atoms with Crippen LogP contribution in [0.2, 0.25) is 0 Å². The van der Waals surface area contributed by atoms with Crippen LogP contribution in [0.3, 0.4) is 0 Å². The molecule has 0 aromatic heterocycles. The summed E-state index contributed by atoms with van der Waals surface area (Å²) in [5, 5.41) is 3.11. The minimum absolute atomic E-state index is 0. The van der Waals surface area contributed by atoms with Gasteiger partial charge in [0.1, 0.15) is 24.2 Å². The number of hydrogen-bond acceptors (Lipinski definition) is 3. The second-order valence-electron chi connectivity index (χ2n) is 6.02. The van der Waals surface area contributed by atoms with Gasteiger partial charge in [0.25, 0.3) is 0 Å². The molecule has 0 saturated carbocycles. The highest BCUT2D eigenvalue weighted by Gasteiger charge is 2.41. The van der Waals surface area contributed by atoms with E-state index in [1.807, 2.05) is 4.90 Å². The fourth-order valence-electron chi connectivity index (χ4n) is 2.75. The zero-order valence-corrected chi connectivity index (χ0v) is 17.6. The van der Waals surface area contributed by atoms with Gasteiger partial charge < -0.3 is 15.0 Å². The molecular formula is C17H25F4IN4O. The minimum atomic E-state index is -4.21. The van der Waals surface area contributed by atoms with Crippen LogP contribution in [0.4, 0.5) is 17.6 Å². The van der Waals surface area contributed by atoms with Gasteiger partial charge in [0.2, 0.25) is 0 Å². The number of aliphatic imine (C=N–C) groups is 1. The van der Waals surface area contributed by atoms with Crippen molar-refractivity contribution < 1.29 is 22.3 Å². The van der Waals surface area contributed by atoms with Crippen molar-refractivity contribution in [2.24, 2.45) is 4.99 Å². The predicted octanol–water partition coefficient (Wildman–Crippen LogP) is 2.97. The molecule has 1 aliphatic rings. The van der Waals surface area contributed by atoms with Gasteiger partial charge in [-0.3, -0.25) is 9.89 Å². The van der Waals surface area contributed by atoms with E-state index in [0.717, 1.165) is 0 Å². The SMILES string of the molecule is CN=C(NCCOc1cccc(F)c1)N1CCN(C(C)C(F)(F)F)CC1.I. The fourth-order valence-corrected chi connectivity index (χ4v) is 2.75. The summed E-state index contributed by atoms with van der Waals surface area (Å²) in [7, 11) is 1.63. The molecule has 27 heavy (non-hydrogen) atoms. The van der Waals surface area contributed by atoms with Gasteiger partial charge in [-0.2, -0.15) is 13.2 Å². The van der Waals surface area contributed by atoms with Crippen LogP contribution in [0.15, 0.2) is 29.3 Å². The molecule has 0 spiro atoms. The lowest BCUT2D eigenvalue weighted by molar-refractivity contribution is -0.181. The van der Waals surface area contributed by atoms with E-state index in [2.05, 4.69) is 10.3 Å². The Morgan fingerprint density at radius 2 is 1.93 bits per heavy atom. The first-order valence-corrected chi connectivity index (χ1v) is 8.46. The van der Waals surface area contributed by atoms with Crippen molar-refractivity contribution >= 4 is 29.9 Å². The molecular weight excluding hydrogens is 479 g/mol. The molecule has 1 unspecified atom stereocenters. The first kappa shape index (κ1) is 23.7. The number of hydrogen-bond donors (Lipinski definition) is 1. The normalized spacial score (nSPS) is 17.3. The molecule has 154 valence electrons. The summed E-state index contributed by atoms with van der Waals surface area (Å²) in [6.45, 7) is 3.51. The zero-order chi connectivity index (χ0) is 19.2. The van der Waals surface area contributed by atoms with Gasteiger partial charge in [-0.05, 0) is 19.1 Å².